The van der Waals surface area contributed by atoms with Gasteiger partial charge >= 0.3 is 0 Å². The monoisotopic (exact) mass is 380 g/mol. The van der Waals surface area contributed by atoms with Crippen LogP contribution in [0.4, 0.5) is 4.39 Å². The minimum Gasteiger partial charge on any atom is -0.387 e. The van der Waals surface area contributed by atoms with Crippen LogP contribution in [0, 0.1) is 5.82 Å². The van der Waals surface area contributed by atoms with Gasteiger partial charge in [0, 0.05) is 31.3 Å². The van der Waals surface area contributed by atoms with Crippen molar-refractivity contribution in [3.63, 3.8) is 0 Å². The molecule has 2 rings (SSSR count). The van der Waals surface area contributed by atoms with Gasteiger partial charge in [-0.25, -0.2) is 17.5 Å². The zero-order valence-corrected chi connectivity index (χ0v) is 15.3. The van der Waals surface area contributed by atoms with Gasteiger partial charge in [-0.1, -0.05) is 24.3 Å². The summed E-state index contributed by atoms with van der Waals surface area (Å²) in [6.45, 7) is 1.91. The van der Waals surface area contributed by atoms with Gasteiger partial charge in [0.05, 0.1) is 11.0 Å². The zero-order valence-electron chi connectivity index (χ0n) is 14.5. The number of amides is 1. The van der Waals surface area contributed by atoms with Gasteiger partial charge in [0.15, 0.2) is 0 Å². The first-order valence-corrected chi connectivity index (χ1v) is 9.52. The van der Waals surface area contributed by atoms with E-state index < -0.39 is 28.5 Å². The first-order chi connectivity index (χ1) is 12.3. The first-order valence-electron chi connectivity index (χ1n) is 8.04. The largest absolute Gasteiger partial charge is 0.387 e. The smallest absolute Gasteiger partial charge is 0.253 e. The molecule has 0 radical (unpaired) electrons. The van der Waals surface area contributed by atoms with Crippen molar-refractivity contribution < 1.29 is 22.7 Å². The minimum atomic E-state index is -3.97. The van der Waals surface area contributed by atoms with E-state index in [9.17, 15) is 22.7 Å². The second-order valence-electron chi connectivity index (χ2n) is 5.74. The lowest BCUT2D eigenvalue weighted by molar-refractivity contribution is 0.0802. The Kier molecular flexibility index (Phi) is 6.47. The highest BCUT2D eigenvalue weighted by Crippen LogP contribution is 2.18. The van der Waals surface area contributed by atoms with Gasteiger partial charge in [-0.05, 0) is 31.2 Å². The molecule has 0 aromatic heterocycles. The van der Waals surface area contributed by atoms with Crippen LogP contribution in [0.5, 0.6) is 0 Å². The van der Waals surface area contributed by atoms with E-state index >= 15 is 0 Å². The fraction of sp³-hybridized carbons (Fsp3) is 0.278. The van der Waals surface area contributed by atoms with Crippen molar-refractivity contribution >= 4 is 15.9 Å². The molecule has 0 heterocycles. The predicted octanol–water partition coefficient (Wildman–Crippen LogP) is 1.93. The maximum absolute atomic E-state index is 13.7. The third-order valence-corrected chi connectivity index (χ3v) is 5.36. The van der Waals surface area contributed by atoms with Crippen LogP contribution in [-0.2, 0) is 10.0 Å². The molecular formula is C18H21FN2O4S. The Morgan fingerprint density at radius 2 is 1.92 bits per heavy atom. The Morgan fingerprint density at radius 3 is 2.58 bits per heavy atom. The summed E-state index contributed by atoms with van der Waals surface area (Å²) in [6.07, 6.45) is -1.33. The molecule has 2 N–H and O–H groups in total. The molecule has 2 aromatic rings. The van der Waals surface area contributed by atoms with E-state index in [1.807, 2.05) is 6.92 Å². The van der Waals surface area contributed by atoms with Crippen LogP contribution in [0.25, 0.3) is 0 Å². The van der Waals surface area contributed by atoms with Gasteiger partial charge in [0.1, 0.15) is 5.82 Å². The summed E-state index contributed by atoms with van der Waals surface area (Å²) in [7, 11) is -2.35. The molecule has 0 saturated heterocycles. The van der Waals surface area contributed by atoms with Crippen LogP contribution >= 0.6 is 0 Å². The highest BCUT2D eigenvalue weighted by atomic mass is 32.2. The van der Waals surface area contributed by atoms with E-state index in [2.05, 4.69) is 4.72 Å². The Balaban J connectivity index is 2.15. The van der Waals surface area contributed by atoms with Gasteiger partial charge in [-0.2, -0.15) is 0 Å². The normalized spacial score (nSPS) is 12.6. The fourth-order valence-corrected chi connectivity index (χ4v) is 3.37. The quantitative estimate of drug-likeness (QED) is 0.768. The van der Waals surface area contributed by atoms with Gasteiger partial charge < -0.3 is 10.0 Å². The lowest BCUT2D eigenvalue weighted by atomic mass is 10.1. The zero-order chi connectivity index (χ0) is 19.3. The number of hydrogen-bond donors (Lipinski definition) is 2. The Bertz CT molecular complexity index is 886. The molecule has 8 heteroatoms. The summed E-state index contributed by atoms with van der Waals surface area (Å²) >= 11 is 0. The standard InChI is InChI=1S/C18H21FN2O4S/c1-3-21(2)18(23)13-7-6-8-14(11-13)26(24,25)20-12-17(22)15-9-4-5-10-16(15)19/h4-11,17,20,22H,3,12H2,1-2H3/t17-/m0/s1. The van der Waals surface area contributed by atoms with Crippen LogP contribution in [-0.4, -0.2) is 44.5 Å². The summed E-state index contributed by atoms with van der Waals surface area (Å²) < 4.78 is 40.7. The van der Waals surface area contributed by atoms with Crippen molar-refractivity contribution in [1.29, 1.82) is 0 Å². The van der Waals surface area contributed by atoms with Crippen molar-refractivity contribution in [3.8, 4) is 0 Å². The molecule has 0 spiro atoms. The fourth-order valence-electron chi connectivity index (χ4n) is 2.29. The lowest BCUT2D eigenvalue weighted by Gasteiger charge is -2.16. The van der Waals surface area contributed by atoms with E-state index in [0.717, 1.165) is 0 Å². The number of nitrogens with one attached hydrogen (secondary N) is 1. The molecule has 26 heavy (non-hydrogen) atoms. The van der Waals surface area contributed by atoms with E-state index in [4.69, 9.17) is 0 Å². The topological polar surface area (TPSA) is 86.7 Å². The summed E-state index contributed by atoms with van der Waals surface area (Å²) in [5.41, 5.74) is 0.246. The molecule has 0 saturated carbocycles. The molecule has 0 fully saturated rings. The number of hydrogen-bond acceptors (Lipinski definition) is 4. The third kappa shape index (κ3) is 4.66. The van der Waals surface area contributed by atoms with Crippen molar-refractivity contribution in [2.75, 3.05) is 20.1 Å². The molecule has 1 amide bonds. The number of carbonyl (C=O) groups excluding carboxylic acids is 1. The number of halogens is 1. The summed E-state index contributed by atoms with van der Waals surface area (Å²) in [5, 5.41) is 10.0. The Morgan fingerprint density at radius 1 is 1.23 bits per heavy atom. The Hall–Kier alpha value is -2.29. The van der Waals surface area contributed by atoms with E-state index in [1.54, 1.807) is 13.1 Å². The minimum absolute atomic E-state index is 0.00343. The average Bonchev–Trinajstić information content (AvgIpc) is 2.65. The molecule has 2 aromatic carbocycles. The molecule has 140 valence electrons. The predicted molar refractivity (Wildman–Crippen MR) is 95.6 cm³/mol. The Labute approximate surface area is 152 Å². The number of nitrogens with zero attached hydrogens (tertiary/aromatic N) is 1. The molecule has 6 nitrogen and oxygen atoms in total. The highest BCUT2D eigenvalue weighted by Gasteiger charge is 2.20. The summed E-state index contributed by atoms with van der Waals surface area (Å²) in [6, 6.07) is 11.2. The van der Waals surface area contributed by atoms with Gasteiger partial charge in [0.2, 0.25) is 10.0 Å². The van der Waals surface area contributed by atoms with E-state index in [0.29, 0.717) is 6.54 Å². The van der Waals surface area contributed by atoms with Crippen molar-refractivity contribution in [3.05, 3.63) is 65.5 Å². The second kappa shape index (κ2) is 8.39. The van der Waals surface area contributed by atoms with Gasteiger partial charge in [-0.15, -0.1) is 0 Å². The number of carbonyl (C=O) groups is 1. The number of benzene rings is 2. The highest BCUT2D eigenvalue weighted by molar-refractivity contribution is 7.89. The molecule has 0 aliphatic heterocycles. The van der Waals surface area contributed by atoms with Gasteiger partial charge in [-0.3, -0.25) is 4.79 Å². The molecular weight excluding hydrogens is 359 g/mol. The van der Waals surface area contributed by atoms with Crippen LogP contribution in [0.1, 0.15) is 28.9 Å². The molecule has 0 unspecified atom stereocenters. The lowest BCUT2D eigenvalue weighted by Crippen LogP contribution is -2.30. The SMILES string of the molecule is CCN(C)C(=O)c1cccc(S(=O)(=O)NC[C@H](O)c2ccccc2F)c1. The second-order valence-corrected chi connectivity index (χ2v) is 7.50. The summed E-state index contributed by atoms with van der Waals surface area (Å²) in [4.78, 5) is 13.5. The number of aliphatic hydroxyl groups excluding tert-OH is 1. The number of aliphatic hydroxyl groups is 1. The number of sulfonamides is 1. The van der Waals surface area contributed by atoms with E-state index in [1.165, 1.54) is 47.4 Å². The van der Waals surface area contributed by atoms with Crippen LogP contribution < -0.4 is 4.72 Å². The maximum atomic E-state index is 13.7. The molecule has 0 aliphatic rings. The van der Waals surface area contributed by atoms with Crippen LogP contribution in [0.15, 0.2) is 53.4 Å². The van der Waals surface area contributed by atoms with Gasteiger partial charge in [0.25, 0.3) is 5.91 Å². The maximum Gasteiger partial charge on any atom is 0.253 e. The van der Waals surface area contributed by atoms with Crippen molar-refractivity contribution in [1.82, 2.24) is 9.62 Å². The first kappa shape index (κ1) is 20.0. The van der Waals surface area contributed by atoms with Crippen molar-refractivity contribution in [2.24, 2.45) is 0 Å². The van der Waals surface area contributed by atoms with Crippen molar-refractivity contribution in [2.45, 2.75) is 17.9 Å². The summed E-state index contributed by atoms with van der Waals surface area (Å²) in [5.74, 6) is -0.912. The molecule has 0 bridgehead atoms. The number of rotatable bonds is 7. The van der Waals surface area contributed by atoms with Crippen LogP contribution in [0.2, 0.25) is 0 Å². The average molecular weight is 380 g/mol. The molecule has 1 atom stereocenters. The third-order valence-electron chi connectivity index (χ3n) is 3.94. The van der Waals surface area contributed by atoms with E-state index in [-0.39, 0.29) is 21.9 Å². The molecule has 0 aliphatic carbocycles. The van der Waals surface area contributed by atoms with Crippen LogP contribution in [0.3, 0.4) is 0 Å².